The average molecular weight is 323 g/mol. The molecule has 126 valence electrons. The van der Waals surface area contributed by atoms with Gasteiger partial charge in [-0.1, -0.05) is 12.8 Å². The van der Waals surface area contributed by atoms with Crippen LogP contribution in [0.1, 0.15) is 25.7 Å². The summed E-state index contributed by atoms with van der Waals surface area (Å²) in [6.45, 7) is 1.26. The average Bonchev–Trinajstić information content (AvgIpc) is 2.69. The number of urea groups is 1. The number of amides is 3. The van der Waals surface area contributed by atoms with Gasteiger partial charge in [0.15, 0.2) is 18.2 Å². The molecule has 2 saturated heterocycles. The summed E-state index contributed by atoms with van der Waals surface area (Å²) in [5, 5.41) is 11.5. The Kier molecular flexibility index (Phi) is 4.10. The highest BCUT2D eigenvalue weighted by Crippen LogP contribution is 2.26. The lowest BCUT2D eigenvalue weighted by molar-refractivity contribution is -0.138. The van der Waals surface area contributed by atoms with Crippen molar-refractivity contribution in [3.8, 4) is 0 Å². The molecule has 0 aromatic heterocycles. The number of guanidine groups is 1. The van der Waals surface area contributed by atoms with Gasteiger partial charge in [0.2, 0.25) is 0 Å². The van der Waals surface area contributed by atoms with Gasteiger partial charge in [-0.25, -0.2) is 9.79 Å². The van der Waals surface area contributed by atoms with Gasteiger partial charge < -0.3 is 19.8 Å². The van der Waals surface area contributed by atoms with Crippen molar-refractivity contribution in [2.24, 2.45) is 4.99 Å². The SMILES string of the molecule is CN1C(=O)NC(=O)C2C1N=C(N1CCCCCC1)N2CC(=O)O. The second-order valence-corrected chi connectivity index (χ2v) is 6.12. The maximum atomic E-state index is 12.2. The summed E-state index contributed by atoms with van der Waals surface area (Å²) in [4.78, 5) is 44.7. The molecule has 3 aliphatic heterocycles. The van der Waals surface area contributed by atoms with Crippen LogP contribution < -0.4 is 5.32 Å². The molecule has 0 aromatic carbocycles. The van der Waals surface area contributed by atoms with Crippen molar-refractivity contribution in [3.05, 3.63) is 0 Å². The van der Waals surface area contributed by atoms with Gasteiger partial charge in [-0.2, -0.15) is 0 Å². The van der Waals surface area contributed by atoms with Crippen LogP contribution in [0.15, 0.2) is 4.99 Å². The van der Waals surface area contributed by atoms with Crippen molar-refractivity contribution in [2.75, 3.05) is 26.7 Å². The molecule has 9 heteroatoms. The lowest BCUT2D eigenvalue weighted by Crippen LogP contribution is -2.64. The van der Waals surface area contributed by atoms with Crippen LogP contribution >= 0.6 is 0 Å². The van der Waals surface area contributed by atoms with Crippen molar-refractivity contribution in [1.29, 1.82) is 0 Å². The highest BCUT2D eigenvalue weighted by Gasteiger charge is 2.50. The molecule has 9 nitrogen and oxygen atoms in total. The number of hydrogen-bond acceptors (Lipinski definition) is 6. The number of nitrogens with zero attached hydrogens (tertiary/aromatic N) is 4. The number of likely N-dealkylation sites (tertiary alicyclic amines) is 1. The number of nitrogens with one attached hydrogen (secondary N) is 1. The minimum atomic E-state index is -1.03. The largest absolute Gasteiger partial charge is 0.480 e. The minimum absolute atomic E-state index is 0.314. The fourth-order valence-electron chi connectivity index (χ4n) is 3.36. The van der Waals surface area contributed by atoms with Gasteiger partial charge in [0, 0.05) is 20.1 Å². The standard InChI is InChI=1S/C14H21N5O4/c1-17-11-10(12(22)16-14(17)23)19(8-9(20)21)13(15-11)18-6-4-2-3-5-7-18/h10-11H,2-8H2,1H3,(H,20,21)(H,16,22,23). The number of imide groups is 1. The van der Waals surface area contributed by atoms with E-state index in [-0.39, 0.29) is 6.54 Å². The molecule has 3 amide bonds. The predicted octanol–water partition coefficient (Wildman–Crippen LogP) is -0.505. The number of carboxylic acid groups (broad SMARTS) is 1. The number of likely N-dealkylation sites (N-methyl/N-ethyl adjacent to an activating group) is 1. The molecule has 23 heavy (non-hydrogen) atoms. The Morgan fingerprint density at radius 1 is 1.26 bits per heavy atom. The Balaban J connectivity index is 1.92. The second-order valence-electron chi connectivity index (χ2n) is 6.12. The first kappa shape index (κ1) is 15.6. The van der Waals surface area contributed by atoms with E-state index in [0.29, 0.717) is 5.96 Å². The second kappa shape index (κ2) is 6.05. The van der Waals surface area contributed by atoms with E-state index < -0.39 is 30.1 Å². The first-order valence-corrected chi connectivity index (χ1v) is 7.88. The van der Waals surface area contributed by atoms with E-state index in [0.717, 1.165) is 38.8 Å². The van der Waals surface area contributed by atoms with Crippen molar-refractivity contribution in [2.45, 2.75) is 37.9 Å². The van der Waals surface area contributed by atoms with Crippen molar-refractivity contribution in [1.82, 2.24) is 20.0 Å². The Hall–Kier alpha value is -2.32. The van der Waals surface area contributed by atoms with E-state index in [9.17, 15) is 19.5 Å². The monoisotopic (exact) mass is 323 g/mol. The summed E-state index contributed by atoms with van der Waals surface area (Å²) in [5.41, 5.74) is 0. The third kappa shape index (κ3) is 2.82. The normalized spacial score (nSPS) is 28.2. The summed E-state index contributed by atoms with van der Waals surface area (Å²) in [6.07, 6.45) is 3.61. The summed E-state index contributed by atoms with van der Waals surface area (Å²) in [6, 6.07) is -1.29. The zero-order valence-electron chi connectivity index (χ0n) is 13.1. The molecule has 0 aliphatic carbocycles. The quantitative estimate of drug-likeness (QED) is 0.709. The van der Waals surface area contributed by atoms with Gasteiger partial charge in [-0.15, -0.1) is 0 Å². The van der Waals surface area contributed by atoms with Crippen LogP contribution in [0.5, 0.6) is 0 Å². The molecular formula is C14H21N5O4. The highest BCUT2D eigenvalue weighted by atomic mass is 16.4. The number of hydrogen-bond donors (Lipinski definition) is 2. The smallest absolute Gasteiger partial charge is 0.325 e. The van der Waals surface area contributed by atoms with Crippen LogP contribution in [0, 0.1) is 0 Å². The zero-order valence-corrected chi connectivity index (χ0v) is 13.1. The predicted molar refractivity (Wildman–Crippen MR) is 80.7 cm³/mol. The van der Waals surface area contributed by atoms with Gasteiger partial charge in [-0.05, 0) is 12.8 Å². The molecule has 0 saturated carbocycles. The lowest BCUT2D eigenvalue weighted by atomic mass is 10.1. The Morgan fingerprint density at radius 3 is 2.52 bits per heavy atom. The van der Waals surface area contributed by atoms with Gasteiger partial charge in [0.1, 0.15) is 6.54 Å². The summed E-state index contributed by atoms with van der Waals surface area (Å²) in [5.74, 6) is -1.01. The third-order valence-electron chi connectivity index (χ3n) is 4.53. The van der Waals surface area contributed by atoms with Crippen molar-refractivity contribution in [3.63, 3.8) is 0 Å². The Bertz CT molecular complexity index is 555. The molecule has 2 N–H and O–H groups in total. The number of rotatable bonds is 2. The highest BCUT2D eigenvalue weighted by molar-refractivity contribution is 6.04. The summed E-state index contributed by atoms with van der Waals surface area (Å²) < 4.78 is 0. The molecule has 3 aliphatic rings. The van der Waals surface area contributed by atoms with Crippen LogP contribution in [0.3, 0.4) is 0 Å². The van der Waals surface area contributed by atoms with E-state index in [2.05, 4.69) is 10.3 Å². The van der Waals surface area contributed by atoms with Crippen LogP contribution in [-0.4, -0.2) is 82.6 Å². The number of carbonyl (C=O) groups excluding carboxylic acids is 2. The number of carboxylic acids is 1. The maximum Gasteiger partial charge on any atom is 0.325 e. The van der Waals surface area contributed by atoms with E-state index in [1.807, 2.05) is 4.90 Å². The molecule has 2 unspecified atom stereocenters. The molecule has 0 aromatic rings. The van der Waals surface area contributed by atoms with Crippen LogP contribution in [0.4, 0.5) is 4.79 Å². The Morgan fingerprint density at radius 2 is 1.91 bits per heavy atom. The molecule has 3 heterocycles. The van der Waals surface area contributed by atoms with Crippen molar-refractivity contribution >= 4 is 23.9 Å². The van der Waals surface area contributed by atoms with Gasteiger partial charge in [0.05, 0.1) is 0 Å². The summed E-state index contributed by atoms with van der Waals surface area (Å²) >= 11 is 0. The van der Waals surface area contributed by atoms with Crippen LogP contribution in [0.2, 0.25) is 0 Å². The molecule has 0 spiro atoms. The van der Waals surface area contributed by atoms with Gasteiger partial charge in [-0.3, -0.25) is 14.9 Å². The van der Waals surface area contributed by atoms with E-state index >= 15 is 0 Å². The third-order valence-corrected chi connectivity index (χ3v) is 4.53. The molecular weight excluding hydrogens is 302 g/mol. The lowest BCUT2D eigenvalue weighted by Gasteiger charge is -2.36. The maximum absolute atomic E-state index is 12.2. The topological polar surface area (TPSA) is 106 Å². The molecule has 2 atom stereocenters. The summed E-state index contributed by atoms with van der Waals surface area (Å²) in [7, 11) is 1.56. The fourth-order valence-corrected chi connectivity index (χ4v) is 3.36. The number of aliphatic imine (C=N–C) groups is 1. The Labute approximate surface area is 133 Å². The number of fused-ring (bicyclic) bond motifs is 1. The van der Waals surface area contributed by atoms with E-state index in [1.165, 1.54) is 9.80 Å². The number of carbonyl (C=O) groups is 3. The number of aliphatic carboxylic acids is 1. The van der Waals surface area contributed by atoms with Gasteiger partial charge in [0.25, 0.3) is 5.91 Å². The molecule has 2 fully saturated rings. The van der Waals surface area contributed by atoms with Crippen molar-refractivity contribution < 1.29 is 19.5 Å². The first-order chi connectivity index (χ1) is 11.0. The van der Waals surface area contributed by atoms with Crippen LogP contribution in [0.25, 0.3) is 0 Å². The van der Waals surface area contributed by atoms with Gasteiger partial charge >= 0.3 is 12.0 Å². The zero-order chi connectivity index (χ0) is 16.6. The minimum Gasteiger partial charge on any atom is -0.480 e. The molecule has 0 bridgehead atoms. The fraction of sp³-hybridized carbons (Fsp3) is 0.714. The van der Waals surface area contributed by atoms with E-state index in [4.69, 9.17) is 0 Å². The van der Waals surface area contributed by atoms with E-state index in [1.54, 1.807) is 7.05 Å². The molecule has 0 radical (unpaired) electrons. The van der Waals surface area contributed by atoms with Crippen LogP contribution in [-0.2, 0) is 9.59 Å². The first-order valence-electron chi connectivity index (χ1n) is 7.88. The molecule has 3 rings (SSSR count).